The lowest BCUT2D eigenvalue weighted by Gasteiger charge is -2.11. The number of carbonyl (C=O) groups excluding carboxylic acids is 2. The first kappa shape index (κ1) is 23.6. The quantitative estimate of drug-likeness (QED) is 0.349. The lowest BCUT2D eigenvalue weighted by atomic mass is 10.0. The Morgan fingerprint density at radius 2 is 1.49 bits per heavy atom. The zero-order valence-electron chi connectivity index (χ0n) is 18.8. The highest BCUT2D eigenvalue weighted by Crippen LogP contribution is 2.32. The van der Waals surface area contributed by atoms with Gasteiger partial charge in [-0.15, -0.1) is 0 Å². The summed E-state index contributed by atoms with van der Waals surface area (Å²) in [5, 5.41) is 4.57. The molecule has 0 atom stereocenters. The molecule has 0 amide bonds. The van der Waals surface area contributed by atoms with Crippen molar-refractivity contribution in [2.24, 2.45) is 0 Å². The summed E-state index contributed by atoms with van der Waals surface area (Å²) in [4.78, 5) is 25.6. The van der Waals surface area contributed by atoms with Crippen molar-refractivity contribution in [3.63, 3.8) is 0 Å². The molecular weight excluding hydrogens is 458 g/mol. The average Bonchev–Trinajstić information content (AvgIpc) is 3.27. The minimum absolute atomic E-state index is 0.00411. The summed E-state index contributed by atoms with van der Waals surface area (Å²) in [6, 6.07) is 18.5. The van der Waals surface area contributed by atoms with Gasteiger partial charge in [0.25, 0.3) is 0 Å². The van der Waals surface area contributed by atoms with Crippen LogP contribution >= 0.6 is 0 Å². The Hall–Kier alpha value is -4.53. The van der Waals surface area contributed by atoms with E-state index in [9.17, 15) is 18.4 Å². The Balaban J connectivity index is 1.86. The molecule has 0 saturated heterocycles. The first-order chi connectivity index (χ1) is 16.9. The van der Waals surface area contributed by atoms with Crippen LogP contribution in [0.25, 0.3) is 16.9 Å². The highest BCUT2D eigenvalue weighted by Gasteiger charge is 2.32. The summed E-state index contributed by atoms with van der Waals surface area (Å²) in [5.74, 6) is -3.12. The van der Waals surface area contributed by atoms with Crippen LogP contribution in [-0.2, 0) is 16.1 Å². The van der Waals surface area contributed by atoms with Gasteiger partial charge in [0.2, 0.25) is 0 Å². The maximum Gasteiger partial charge on any atom is 0.357 e. The number of halogens is 2. The molecule has 0 saturated carbocycles. The summed E-state index contributed by atoms with van der Waals surface area (Å²) in [5.41, 5.74) is 1.50. The van der Waals surface area contributed by atoms with E-state index in [-0.39, 0.29) is 29.3 Å². The third kappa shape index (κ3) is 4.89. The van der Waals surface area contributed by atoms with Gasteiger partial charge < -0.3 is 14.2 Å². The van der Waals surface area contributed by atoms with Gasteiger partial charge in [0.15, 0.2) is 5.69 Å². The van der Waals surface area contributed by atoms with E-state index in [1.54, 1.807) is 54.6 Å². The number of carbonyl (C=O) groups is 2. The molecule has 0 radical (unpaired) electrons. The molecule has 0 unspecified atom stereocenters. The number of ether oxygens (including phenoxy) is 3. The molecule has 1 heterocycles. The number of aromatic nitrogens is 2. The van der Waals surface area contributed by atoms with Crippen molar-refractivity contribution < 1.29 is 32.6 Å². The first-order valence-corrected chi connectivity index (χ1v) is 10.4. The smallest absolute Gasteiger partial charge is 0.357 e. The molecule has 3 aromatic carbocycles. The second-order valence-electron chi connectivity index (χ2n) is 7.35. The van der Waals surface area contributed by atoms with Crippen molar-refractivity contribution in [3.05, 3.63) is 101 Å². The number of hydrogen-bond acceptors (Lipinski definition) is 6. The molecule has 0 spiro atoms. The van der Waals surface area contributed by atoms with Crippen LogP contribution < -0.4 is 4.74 Å². The Morgan fingerprint density at radius 1 is 0.857 bits per heavy atom. The third-order valence-corrected chi connectivity index (χ3v) is 5.16. The van der Waals surface area contributed by atoms with Crippen LogP contribution in [-0.4, -0.2) is 35.9 Å². The fourth-order valence-corrected chi connectivity index (χ4v) is 3.59. The van der Waals surface area contributed by atoms with Gasteiger partial charge in [0, 0.05) is 23.8 Å². The number of rotatable bonds is 7. The summed E-state index contributed by atoms with van der Waals surface area (Å²) < 4.78 is 44.0. The highest BCUT2D eigenvalue weighted by molar-refractivity contribution is 6.07. The second-order valence-corrected chi connectivity index (χ2v) is 7.35. The summed E-state index contributed by atoms with van der Waals surface area (Å²) >= 11 is 0. The lowest BCUT2D eigenvalue weighted by Crippen LogP contribution is -2.15. The van der Waals surface area contributed by atoms with Crippen LogP contribution in [0.2, 0.25) is 0 Å². The van der Waals surface area contributed by atoms with E-state index in [0.717, 1.165) is 18.2 Å². The van der Waals surface area contributed by atoms with Crippen LogP contribution in [0.15, 0.2) is 72.8 Å². The van der Waals surface area contributed by atoms with Gasteiger partial charge >= 0.3 is 11.9 Å². The normalized spacial score (nSPS) is 10.6. The molecule has 7 nitrogen and oxygen atoms in total. The van der Waals surface area contributed by atoms with Crippen molar-refractivity contribution in [2.75, 3.05) is 14.2 Å². The molecule has 0 bridgehead atoms. The van der Waals surface area contributed by atoms with Crippen LogP contribution in [0.5, 0.6) is 5.75 Å². The monoisotopic (exact) mass is 478 g/mol. The molecular formula is C26H20F2N2O5. The summed E-state index contributed by atoms with van der Waals surface area (Å²) in [6.07, 6.45) is 0. The summed E-state index contributed by atoms with van der Waals surface area (Å²) in [6.45, 7) is -0.0918. The molecule has 0 aliphatic rings. The molecule has 35 heavy (non-hydrogen) atoms. The van der Waals surface area contributed by atoms with Gasteiger partial charge in [-0.2, -0.15) is 5.10 Å². The molecule has 178 valence electrons. The Morgan fingerprint density at radius 3 is 2.14 bits per heavy atom. The maximum absolute atomic E-state index is 13.6. The SMILES string of the molecule is COC(=O)c1c(-c2ccccc2COc2cc(F)cc(F)c2)nn(-c2ccccc2)c1C(=O)OC. The average molecular weight is 478 g/mol. The minimum Gasteiger partial charge on any atom is -0.489 e. The van der Waals surface area contributed by atoms with Crippen molar-refractivity contribution in [1.29, 1.82) is 0 Å². The maximum atomic E-state index is 13.6. The van der Waals surface area contributed by atoms with Crippen LogP contribution in [0, 0.1) is 11.6 Å². The largest absolute Gasteiger partial charge is 0.489 e. The predicted octanol–water partition coefficient (Wildman–Crippen LogP) is 4.97. The number of esters is 2. The summed E-state index contributed by atoms with van der Waals surface area (Å²) in [7, 11) is 2.39. The molecule has 0 N–H and O–H groups in total. The van der Waals surface area contributed by atoms with E-state index in [0.29, 0.717) is 16.8 Å². The second kappa shape index (κ2) is 10.2. The molecule has 1 aromatic heterocycles. The lowest BCUT2D eigenvalue weighted by molar-refractivity contribution is 0.0549. The fraction of sp³-hybridized carbons (Fsp3) is 0.115. The van der Waals surface area contributed by atoms with Gasteiger partial charge in [0.05, 0.1) is 19.9 Å². The molecule has 0 aliphatic heterocycles. The van der Waals surface area contributed by atoms with E-state index in [2.05, 4.69) is 5.10 Å². The number of hydrogen-bond donors (Lipinski definition) is 0. The Labute approximate surface area is 199 Å². The Bertz CT molecular complexity index is 1370. The van der Waals surface area contributed by atoms with Crippen molar-refractivity contribution in [3.8, 4) is 22.7 Å². The fourth-order valence-electron chi connectivity index (χ4n) is 3.59. The van der Waals surface area contributed by atoms with Crippen LogP contribution in [0.3, 0.4) is 0 Å². The standard InChI is InChI=1S/C26H20F2N2O5/c1-33-25(31)22-23(29-30(24(22)26(32)34-2)19-9-4-3-5-10-19)21-11-7-6-8-16(21)15-35-20-13-17(27)12-18(28)14-20/h3-14H,15H2,1-2H3. The zero-order chi connectivity index (χ0) is 24.9. The van der Waals surface area contributed by atoms with Crippen molar-refractivity contribution in [2.45, 2.75) is 6.61 Å². The minimum atomic E-state index is -0.787. The topological polar surface area (TPSA) is 79.7 Å². The molecule has 0 aliphatic carbocycles. The predicted molar refractivity (Wildman–Crippen MR) is 122 cm³/mol. The van der Waals surface area contributed by atoms with Gasteiger partial charge in [-0.05, 0) is 17.7 Å². The van der Waals surface area contributed by atoms with Crippen LogP contribution in [0.4, 0.5) is 8.78 Å². The van der Waals surface area contributed by atoms with E-state index in [1.165, 1.54) is 18.9 Å². The molecule has 9 heteroatoms. The van der Waals surface area contributed by atoms with E-state index < -0.39 is 23.6 Å². The molecule has 4 rings (SSSR count). The van der Waals surface area contributed by atoms with Gasteiger partial charge in [-0.3, -0.25) is 0 Å². The van der Waals surface area contributed by atoms with E-state index in [1.807, 2.05) is 0 Å². The number of benzene rings is 3. The number of para-hydroxylation sites is 1. The van der Waals surface area contributed by atoms with Crippen LogP contribution in [0.1, 0.15) is 26.4 Å². The third-order valence-electron chi connectivity index (χ3n) is 5.16. The number of nitrogens with zero attached hydrogens (tertiary/aromatic N) is 2. The first-order valence-electron chi connectivity index (χ1n) is 10.4. The zero-order valence-corrected chi connectivity index (χ0v) is 18.8. The highest BCUT2D eigenvalue weighted by atomic mass is 19.1. The van der Waals surface area contributed by atoms with Crippen molar-refractivity contribution in [1.82, 2.24) is 9.78 Å². The van der Waals surface area contributed by atoms with Gasteiger partial charge in [-0.1, -0.05) is 42.5 Å². The molecule has 4 aromatic rings. The number of methoxy groups -OCH3 is 2. The molecule has 0 fully saturated rings. The van der Waals surface area contributed by atoms with Crippen molar-refractivity contribution >= 4 is 11.9 Å². The van der Waals surface area contributed by atoms with E-state index in [4.69, 9.17) is 14.2 Å². The van der Waals surface area contributed by atoms with Gasteiger partial charge in [0.1, 0.15) is 35.2 Å². The Kier molecular flexibility index (Phi) is 6.86. The van der Waals surface area contributed by atoms with E-state index >= 15 is 0 Å². The van der Waals surface area contributed by atoms with Gasteiger partial charge in [-0.25, -0.2) is 23.1 Å².